The van der Waals surface area contributed by atoms with Crippen LogP contribution in [0.1, 0.15) is 86.0 Å². The molecule has 3 rings (SSSR count). The summed E-state index contributed by atoms with van der Waals surface area (Å²) in [5, 5.41) is 30.9. The van der Waals surface area contributed by atoms with Gasteiger partial charge in [0, 0.05) is 0 Å². The van der Waals surface area contributed by atoms with Crippen LogP contribution in [0.3, 0.4) is 0 Å². The zero-order valence-electron chi connectivity index (χ0n) is 20.3. The summed E-state index contributed by atoms with van der Waals surface area (Å²) in [5.74, 6) is 1.54. The van der Waals surface area contributed by atoms with E-state index in [1.54, 1.807) is 32.4 Å². The fourth-order valence-electron chi connectivity index (χ4n) is 6.22. The van der Waals surface area contributed by atoms with Gasteiger partial charge in [0.15, 0.2) is 0 Å². The van der Waals surface area contributed by atoms with Gasteiger partial charge in [-0.25, -0.2) is 0 Å². The van der Waals surface area contributed by atoms with Gasteiger partial charge in [0.1, 0.15) is 5.60 Å². The molecule has 0 saturated heterocycles. The van der Waals surface area contributed by atoms with Crippen LogP contribution in [0.15, 0.2) is 47.6 Å². The van der Waals surface area contributed by atoms with Gasteiger partial charge in [0.25, 0.3) is 0 Å². The summed E-state index contributed by atoms with van der Waals surface area (Å²) in [7, 11) is 0. The molecule has 3 nitrogen and oxygen atoms in total. The van der Waals surface area contributed by atoms with Crippen molar-refractivity contribution in [3.8, 4) is 0 Å². The molecule has 0 aromatic rings. The summed E-state index contributed by atoms with van der Waals surface area (Å²) < 4.78 is 0. The molecule has 31 heavy (non-hydrogen) atoms. The minimum absolute atomic E-state index is 0.226. The Bertz CT molecular complexity index is 764. The van der Waals surface area contributed by atoms with Crippen LogP contribution in [0.5, 0.6) is 0 Å². The SMILES string of the molecule is C=C1CC[C@H](O)C/C1=C/C=C1\CCC[C@]2(C)[C@@H]1CC[C@@H]2[C@H](C)/C=C/[C@@](C)(O)C(C)(C)O. The van der Waals surface area contributed by atoms with Gasteiger partial charge in [0.05, 0.1) is 11.7 Å². The third kappa shape index (κ3) is 5.10. The normalized spacial score (nSPS) is 37.9. The second-order valence-corrected chi connectivity index (χ2v) is 11.5. The Labute approximate surface area is 189 Å². The molecule has 0 spiro atoms. The molecule has 0 amide bonds. The van der Waals surface area contributed by atoms with E-state index in [9.17, 15) is 15.3 Å². The van der Waals surface area contributed by atoms with Crippen LogP contribution in [0.2, 0.25) is 0 Å². The fourth-order valence-corrected chi connectivity index (χ4v) is 6.22. The van der Waals surface area contributed by atoms with Crippen LogP contribution in [-0.4, -0.2) is 32.6 Å². The van der Waals surface area contributed by atoms with Crippen molar-refractivity contribution in [2.45, 2.75) is 103 Å². The average molecular weight is 429 g/mol. The second-order valence-electron chi connectivity index (χ2n) is 11.5. The first-order valence-electron chi connectivity index (χ1n) is 12.2. The molecule has 3 aliphatic rings. The molecule has 3 saturated carbocycles. The summed E-state index contributed by atoms with van der Waals surface area (Å²) in [6.07, 6.45) is 16.8. The van der Waals surface area contributed by atoms with E-state index in [0.29, 0.717) is 17.8 Å². The lowest BCUT2D eigenvalue weighted by Gasteiger charge is -2.44. The molecule has 3 aliphatic carbocycles. The summed E-state index contributed by atoms with van der Waals surface area (Å²) in [5.41, 5.74) is 1.83. The Balaban J connectivity index is 1.77. The standard InChI is InChI=1S/C28H44O3/c1-19-9-12-23(29)18-22(19)11-10-21-8-7-16-27(5)24(13-14-25(21)27)20(2)15-17-28(6,31)26(3,4)30/h10-11,15,17,20,23-25,29-31H,1,7-9,12-14,16,18H2,2-6H3/b17-15+,21-10+,22-11-/t20-,23+,24-,25-,27+,28-/m1/s1. The molecular formula is C28H44O3. The highest BCUT2D eigenvalue weighted by atomic mass is 16.3. The molecule has 0 unspecified atom stereocenters. The van der Waals surface area contributed by atoms with Crippen LogP contribution in [0, 0.1) is 23.2 Å². The second kappa shape index (κ2) is 9.00. The highest BCUT2D eigenvalue weighted by Gasteiger charge is 2.50. The maximum atomic E-state index is 10.6. The fraction of sp³-hybridized carbons (Fsp3) is 0.714. The van der Waals surface area contributed by atoms with Crippen molar-refractivity contribution >= 4 is 0 Å². The number of hydrogen-bond acceptors (Lipinski definition) is 3. The minimum atomic E-state index is -1.24. The summed E-state index contributed by atoms with van der Waals surface area (Å²) in [6.45, 7) is 13.9. The van der Waals surface area contributed by atoms with Crippen LogP contribution < -0.4 is 0 Å². The van der Waals surface area contributed by atoms with Gasteiger partial charge in [-0.3, -0.25) is 0 Å². The van der Waals surface area contributed by atoms with Gasteiger partial charge in [0.2, 0.25) is 0 Å². The number of aliphatic hydroxyl groups excluding tert-OH is 1. The van der Waals surface area contributed by atoms with Gasteiger partial charge in [-0.05, 0) is 101 Å². The maximum Gasteiger partial charge on any atom is 0.108 e. The van der Waals surface area contributed by atoms with Gasteiger partial charge in [-0.2, -0.15) is 0 Å². The Kier molecular flexibility index (Phi) is 7.11. The topological polar surface area (TPSA) is 60.7 Å². The first-order chi connectivity index (χ1) is 14.3. The molecule has 0 aromatic heterocycles. The van der Waals surface area contributed by atoms with Gasteiger partial charge in [-0.15, -0.1) is 0 Å². The molecule has 3 N–H and O–H groups in total. The minimum Gasteiger partial charge on any atom is -0.393 e. The molecule has 0 aromatic carbocycles. The number of rotatable bonds is 5. The van der Waals surface area contributed by atoms with Crippen LogP contribution in [0.4, 0.5) is 0 Å². The molecule has 3 heteroatoms. The molecule has 0 aliphatic heterocycles. The van der Waals surface area contributed by atoms with E-state index >= 15 is 0 Å². The van der Waals surface area contributed by atoms with Gasteiger partial charge in [-0.1, -0.05) is 55.9 Å². The van der Waals surface area contributed by atoms with Gasteiger partial charge >= 0.3 is 0 Å². The van der Waals surface area contributed by atoms with Crippen molar-refractivity contribution in [2.24, 2.45) is 23.2 Å². The molecule has 6 atom stereocenters. The smallest absolute Gasteiger partial charge is 0.108 e. The van der Waals surface area contributed by atoms with Crippen molar-refractivity contribution in [1.82, 2.24) is 0 Å². The Morgan fingerprint density at radius 2 is 1.81 bits per heavy atom. The van der Waals surface area contributed by atoms with Crippen molar-refractivity contribution in [3.05, 3.63) is 47.6 Å². The molecular weight excluding hydrogens is 384 g/mol. The van der Waals surface area contributed by atoms with Crippen molar-refractivity contribution in [2.75, 3.05) is 0 Å². The summed E-state index contributed by atoms with van der Waals surface area (Å²) >= 11 is 0. The van der Waals surface area contributed by atoms with E-state index in [2.05, 4.69) is 38.7 Å². The lowest BCUT2D eigenvalue weighted by Crippen LogP contribution is -2.46. The number of hydrogen-bond donors (Lipinski definition) is 3. The maximum absolute atomic E-state index is 10.6. The first kappa shape index (κ1) is 24.5. The Hall–Kier alpha value is -1.16. The zero-order chi connectivity index (χ0) is 23.0. The highest BCUT2D eigenvalue weighted by molar-refractivity contribution is 5.36. The number of allylic oxidation sites excluding steroid dienone is 5. The van der Waals surface area contributed by atoms with Crippen LogP contribution in [0.25, 0.3) is 0 Å². The van der Waals surface area contributed by atoms with Crippen molar-refractivity contribution in [3.63, 3.8) is 0 Å². The average Bonchev–Trinajstić information content (AvgIpc) is 3.03. The van der Waals surface area contributed by atoms with E-state index < -0.39 is 11.2 Å². The largest absolute Gasteiger partial charge is 0.393 e. The third-order valence-electron chi connectivity index (χ3n) is 8.82. The van der Waals surface area contributed by atoms with E-state index in [4.69, 9.17) is 0 Å². The summed E-state index contributed by atoms with van der Waals surface area (Å²) in [4.78, 5) is 0. The van der Waals surface area contributed by atoms with E-state index in [0.717, 1.165) is 19.3 Å². The van der Waals surface area contributed by atoms with E-state index in [1.165, 1.54) is 43.3 Å². The van der Waals surface area contributed by atoms with E-state index in [-0.39, 0.29) is 11.5 Å². The molecule has 0 bridgehead atoms. The van der Waals surface area contributed by atoms with E-state index in [1.807, 2.05) is 0 Å². The first-order valence-corrected chi connectivity index (χ1v) is 12.2. The molecule has 0 heterocycles. The zero-order valence-corrected chi connectivity index (χ0v) is 20.3. The molecule has 0 radical (unpaired) electrons. The lowest BCUT2D eigenvalue weighted by molar-refractivity contribution is -0.0886. The third-order valence-corrected chi connectivity index (χ3v) is 8.82. The Morgan fingerprint density at radius 1 is 1.10 bits per heavy atom. The van der Waals surface area contributed by atoms with Gasteiger partial charge < -0.3 is 15.3 Å². The van der Waals surface area contributed by atoms with Crippen LogP contribution >= 0.6 is 0 Å². The predicted molar refractivity (Wildman–Crippen MR) is 129 cm³/mol. The predicted octanol–water partition coefficient (Wildman–Crippen LogP) is 5.87. The lowest BCUT2D eigenvalue weighted by atomic mass is 9.61. The van der Waals surface area contributed by atoms with Crippen molar-refractivity contribution < 1.29 is 15.3 Å². The molecule has 3 fully saturated rings. The monoisotopic (exact) mass is 428 g/mol. The number of fused-ring (bicyclic) bond motifs is 1. The van der Waals surface area contributed by atoms with Crippen LogP contribution in [-0.2, 0) is 0 Å². The Morgan fingerprint density at radius 3 is 2.48 bits per heavy atom. The van der Waals surface area contributed by atoms with Crippen molar-refractivity contribution in [1.29, 1.82) is 0 Å². The molecule has 174 valence electrons. The highest BCUT2D eigenvalue weighted by Crippen LogP contribution is 2.59. The number of aliphatic hydroxyl groups is 3. The quantitative estimate of drug-likeness (QED) is 0.480. The summed E-state index contributed by atoms with van der Waals surface area (Å²) in [6, 6.07) is 0.